The van der Waals surface area contributed by atoms with E-state index in [9.17, 15) is 9.59 Å². The second-order valence-electron chi connectivity index (χ2n) is 8.20. The molecule has 1 aliphatic rings. The smallest absolute Gasteiger partial charge is 0.338 e. The van der Waals surface area contributed by atoms with Crippen LogP contribution in [0, 0.1) is 0 Å². The molecule has 1 aromatic heterocycles. The molecule has 0 N–H and O–H groups in total. The van der Waals surface area contributed by atoms with Gasteiger partial charge >= 0.3 is 5.97 Å². The van der Waals surface area contributed by atoms with Gasteiger partial charge in [-0.15, -0.1) is 0 Å². The third kappa shape index (κ3) is 5.32. The molecule has 3 aromatic rings. The first-order chi connectivity index (χ1) is 18.3. The molecular weight excluding hydrogens is 572 g/mol. The van der Waals surface area contributed by atoms with E-state index >= 15 is 0 Å². The Bertz CT molecular complexity index is 1590. The van der Waals surface area contributed by atoms with Gasteiger partial charge in [0.2, 0.25) is 0 Å². The van der Waals surface area contributed by atoms with Gasteiger partial charge in [0.15, 0.2) is 4.80 Å². The van der Waals surface area contributed by atoms with Gasteiger partial charge in [-0.3, -0.25) is 9.36 Å². The number of carbonyl (C=O) groups is 1. The van der Waals surface area contributed by atoms with E-state index in [0.717, 1.165) is 10.0 Å². The van der Waals surface area contributed by atoms with E-state index in [2.05, 4.69) is 27.5 Å². The number of esters is 1. The molecule has 0 saturated heterocycles. The van der Waals surface area contributed by atoms with Crippen molar-refractivity contribution in [1.29, 1.82) is 0 Å². The number of aromatic nitrogens is 1. The summed E-state index contributed by atoms with van der Waals surface area (Å²) in [5.41, 5.74) is 1.94. The van der Waals surface area contributed by atoms with Crippen LogP contribution >= 0.6 is 27.3 Å². The van der Waals surface area contributed by atoms with Gasteiger partial charge in [-0.05, 0) is 59.6 Å². The lowest BCUT2D eigenvalue weighted by atomic mass is 9.96. The average Bonchev–Trinajstić information content (AvgIpc) is 3.21. The lowest BCUT2D eigenvalue weighted by Gasteiger charge is -2.24. The molecule has 0 saturated carbocycles. The van der Waals surface area contributed by atoms with Crippen LogP contribution in [0.2, 0.25) is 0 Å². The minimum Gasteiger partial charge on any atom is -0.496 e. The van der Waals surface area contributed by atoms with Gasteiger partial charge in [0, 0.05) is 11.6 Å². The lowest BCUT2D eigenvalue weighted by molar-refractivity contribution is -0.139. The Morgan fingerprint density at radius 2 is 1.89 bits per heavy atom. The SMILES string of the molecule is C=CCOc1ccc(C2C(C(=O)OCC)=C(C)N=c3s/c(=C/c4cc(Br)c(OC)cc4OC)c(=O)n32)cc1. The van der Waals surface area contributed by atoms with E-state index in [1.807, 2.05) is 18.2 Å². The number of hydrogen-bond acceptors (Lipinski definition) is 8. The fourth-order valence-corrected chi connectivity index (χ4v) is 5.71. The van der Waals surface area contributed by atoms with Crippen LogP contribution in [0.15, 0.2) is 74.6 Å². The molecule has 2 heterocycles. The third-order valence-corrected chi connectivity index (χ3v) is 7.47. The average molecular weight is 600 g/mol. The van der Waals surface area contributed by atoms with Crippen molar-refractivity contribution < 1.29 is 23.7 Å². The van der Waals surface area contributed by atoms with E-state index in [4.69, 9.17) is 18.9 Å². The number of thiazole rings is 1. The van der Waals surface area contributed by atoms with Crippen molar-refractivity contribution in [2.75, 3.05) is 27.4 Å². The molecule has 198 valence electrons. The maximum atomic E-state index is 13.8. The van der Waals surface area contributed by atoms with Crippen molar-refractivity contribution >= 4 is 39.3 Å². The molecular formula is C28H27BrN2O6S. The predicted molar refractivity (Wildman–Crippen MR) is 150 cm³/mol. The quantitative estimate of drug-likeness (QED) is 0.272. The second kappa shape index (κ2) is 11.8. The van der Waals surface area contributed by atoms with Crippen LogP contribution in [0.1, 0.15) is 31.0 Å². The molecule has 1 unspecified atom stereocenters. The fourth-order valence-electron chi connectivity index (χ4n) is 4.15. The van der Waals surface area contributed by atoms with Crippen molar-refractivity contribution in [3.05, 3.63) is 95.6 Å². The molecule has 10 heteroatoms. The molecule has 0 radical (unpaired) electrons. The zero-order chi connectivity index (χ0) is 27.4. The number of ether oxygens (including phenoxy) is 4. The van der Waals surface area contributed by atoms with Gasteiger partial charge in [0.25, 0.3) is 5.56 Å². The number of nitrogens with zero attached hydrogens (tertiary/aromatic N) is 2. The minimum absolute atomic E-state index is 0.202. The van der Waals surface area contributed by atoms with Crippen LogP contribution in [0.25, 0.3) is 6.08 Å². The van der Waals surface area contributed by atoms with E-state index in [0.29, 0.717) is 50.0 Å². The Labute approximate surface area is 232 Å². The normalized spacial score (nSPS) is 15.0. The summed E-state index contributed by atoms with van der Waals surface area (Å²) in [6, 6.07) is 10.1. The number of rotatable bonds is 9. The van der Waals surface area contributed by atoms with Crippen molar-refractivity contribution in [2.45, 2.75) is 19.9 Å². The highest BCUT2D eigenvalue weighted by atomic mass is 79.9. The van der Waals surface area contributed by atoms with Crippen LogP contribution in [-0.4, -0.2) is 38.0 Å². The monoisotopic (exact) mass is 598 g/mol. The Hall–Kier alpha value is -3.63. The summed E-state index contributed by atoms with van der Waals surface area (Å²) in [7, 11) is 3.12. The Kier molecular flexibility index (Phi) is 8.53. The maximum absolute atomic E-state index is 13.8. The van der Waals surface area contributed by atoms with Gasteiger partial charge in [0.05, 0.1) is 47.1 Å². The van der Waals surface area contributed by atoms with Crippen molar-refractivity contribution in [1.82, 2.24) is 4.57 Å². The molecule has 2 aromatic carbocycles. The zero-order valence-corrected chi connectivity index (χ0v) is 23.9. The highest BCUT2D eigenvalue weighted by Crippen LogP contribution is 2.34. The Balaban J connectivity index is 1.91. The first kappa shape index (κ1) is 27.4. The summed E-state index contributed by atoms with van der Waals surface area (Å²) in [6.45, 7) is 7.73. The van der Waals surface area contributed by atoms with Crippen LogP contribution in [0.4, 0.5) is 0 Å². The van der Waals surface area contributed by atoms with Gasteiger partial charge in [-0.2, -0.15) is 0 Å². The minimum atomic E-state index is -0.717. The summed E-state index contributed by atoms with van der Waals surface area (Å²) < 4.78 is 24.6. The van der Waals surface area contributed by atoms with Gasteiger partial charge in [-0.1, -0.05) is 36.1 Å². The van der Waals surface area contributed by atoms with E-state index < -0.39 is 12.0 Å². The standard InChI is InChI=1S/C28H27BrN2O6S/c1-6-12-37-19-10-8-17(9-11-19)25-24(27(33)36-7-2)16(3)30-28-31(25)26(32)23(38-28)14-18-13-20(29)22(35-5)15-21(18)34-4/h6,8-11,13-15,25H,1,7,12H2,2-5H3/b23-14+. The van der Waals surface area contributed by atoms with E-state index in [-0.39, 0.29) is 12.2 Å². The van der Waals surface area contributed by atoms with Crippen molar-refractivity contribution in [3.63, 3.8) is 0 Å². The molecule has 0 amide bonds. The van der Waals surface area contributed by atoms with Crippen LogP contribution in [-0.2, 0) is 9.53 Å². The molecule has 1 aliphatic heterocycles. The van der Waals surface area contributed by atoms with Crippen molar-refractivity contribution in [2.24, 2.45) is 4.99 Å². The molecule has 4 rings (SSSR count). The number of fused-ring (bicyclic) bond motifs is 1. The number of halogens is 1. The highest BCUT2D eigenvalue weighted by Gasteiger charge is 2.33. The summed E-state index contributed by atoms with van der Waals surface area (Å²) in [5.74, 6) is 1.29. The van der Waals surface area contributed by atoms with Gasteiger partial charge < -0.3 is 18.9 Å². The van der Waals surface area contributed by atoms with E-state index in [1.165, 1.54) is 11.3 Å². The Morgan fingerprint density at radius 1 is 1.18 bits per heavy atom. The lowest BCUT2D eigenvalue weighted by Crippen LogP contribution is -2.39. The van der Waals surface area contributed by atoms with Crippen LogP contribution < -0.4 is 29.1 Å². The topological polar surface area (TPSA) is 88.4 Å². The molecule has 8 nitrogen and oxygen atoms in total. The third-order valence-electron chi connectivity index (χ3n) is 5.87. The molecule has 1 atom stereocenters. The summed E-state index contributed by atoms with van der Waals surface area (Å²) in [5, 5.41) is 0. The number of allylic oxidation sites excluding steroid dienone is 1. The number of methoxy groups -OCH3 is 2. The molecule has 0 bridgehead atoms. The summed E-state index contributed by atoms with van der Waals surface area (Å²) in [4.78, 5) is 32.0. The predicted octanol–water partition coefficient (Wildman–Crippen LogP) is 4.14. The summed E-state index contributed by atoms with van der Waals surface area (Å²) >= 11 is 4.73. The first-order valence-corrected chi connectivity index (χ1v) is 13.4. The maximum Gasteiger partial charge on any atom is 0.338 e. The molecule has 0 fully saturated rings. The molecule has 0 aliphatic carbocycles. The number of hydrogen-bond donors (Lipinski definition) is 0. The first-order valence-electron chi connectivity index (χ1n) is 11.8. The van der Waals surface area contributed by atoms with Crippen LogP contribution in [0.3, 0.4) is 0 Å². The zero-order valence-electron chi connectivity index (χ0n) is 21.4. The Morgan fingerprint density at radius 3 is 2.53 bits per heavy atom. The van der Waals surface area contributed by atoms with Gasteiger partial charge in [-0.25, -0.2) is 9.79 Å². The fraction of sp³-hybridized carbons (Fsp3) is 0.250. The van der Waals surface area contributed by atoms with E-state index in [1.54, 1.807) is 63.0 Å². The molecule has 38 heavy (non-hydrogen) atoms. The van der Waals surface area contributed by atoms with Gasteiger partial charge in [0.1, 0.15) is 23.9 Å². The number of carbonyl (C=O) groups excluding carboxylic acids is 1. The highest BCUT2D eigenvalue weighted by molar-refractivity contribution is 9.10. The summed E-state index contributed by atoms with van der Waals surface area (Å²) in [6.07, 6.45) is 3.41. The number of benzene rings is 2. The molecule has 0 spiro atoms. The van der Waals surface area contributed by atoms with Crippen molar-refractivity contribution in [3.8, 4) is 17.2 Å². The second-order valence-corrected chi connectivity index (χ2v) is 10.1. The van der Waals surface area contributed by atoms with Crippen LogP contribution in [0.5, 0.6) is 17.2 Å². The largest absolute Gasteiger partial charge is 0.496 e.